The quantitative estimate of drug-likeness (QED) is 0.177. The molecule has 3 nitrogen and oxygen atoms in total. The highest BCUT2D eigenvalue weighted by molar-refractivity contribution is 7.26. The van der Waals surface area contributed by atoms with Gasteiger partial charge in [0, 0.05) is 57.0 Å². The third kappa shape index (κ3) is 5.20. The van der Waals surface area contributed by atoms with Crippen LogP contribution < -0.4 is 0 Å². The van der Waals surface area contributed by atoms with Crippen LogP contribution in [0.1, 0.15) is 0 Å². The van der Waals surface area contributed by atoms with Crippen LogP contribution in [0.3, 0.4) is 0 Å². The Morgan fingerprint density at radius 2 is 0.889 bits per heavy atom. The van der Waals surface area contributed by atoms with Crippen molar-refractivity contribution in [1.29, 1.82) is 0 Å². The SMILES string of the molecule is c1ccc(-c2cc(-c3nc(-c4cccc(-c5ccc6c(c5)sc5ccccc56)c4)nc(-c4cccc5c4sc4ccccc45)n3)c3ccccc3c2)cc1. The number of rotatable bonds is 5. The Balaban J connectivity index is 1.13. The Labute approximate surface area is 319 Å². The van der Waals surface area contributed by atoms with Crippen molar-refractivity contribution in [1.82, 2.24) is 15.0 Å². The molecule has 0 saturated heterocycles. The second-order valence-corrected chi connectivity index (χ2v) is 15.7. The van der Waals surface area contributed by atoms with E-state index in [1.165, 1.54) is 45.9 Å². The van der Waals surface area contributed by atoms with E-state index in [2.05, 4.69) is 176 Å². The zero-order valence-electron chi connectivity index (χ0n) is 28.9. The van der Waals surface area contributed by atoms with E-state index in [-0.39, 0.29) is 0 Å². The average molecular weight is 724 g/mol. The summed E-state index contributed by atoms with van der Waals surface area (Å²) in [5.41, 5.74) is 7.50. The number of hydrogen-bond donors (Lipinski definition) is 0. The molecule has 252 valence electrons. The van der Waals surface area contributed by atoms with Gasteiger partial charge >= 0.3 is 0 Å². The van der Waals surface area contributed by atoms with E-state index in [0.717, 1.165) is 44.2 Å². The predicted molar refractivity (Wildman–Crippen MR) is 230 cm³/mol. The molecule has 0 atom stereocenters. The van der Waals surface area contributed by atoms with Gasteiger partial charge in [-0.2, -0.15) is 0 Å². The molecule has 0 unspecified atom stereocenters. The fourth-order valence-electron chi connectivity index (χ4n) is 7.71. The van der Waals surface area contributed by atoms with Crippen molar-refractivity contribution in [3.63, 3.8) is 0 Å². The highest BCUT2D eigenvalue weighted by Gasteiger charge is 2.19. The summed E-state index contributed by atoms with van der Waals surface area (Å²) in [5.74, 6) is 1.96. The van der Waals surface area contributed by atoms with Crippen molar-refractivity contribution in [3.8, 4) is 56.4 Å². The van der Waals surface area contributed by atoms with Gasteiger partial charge in [0.25, 0.3) is 0 Å². The molecule has 0 spiro atoms. The van der Waals surface area contributed by atoms with E-state index in [0.29, 0.717) is 17.5 Å². The molecule has 11 rings (SSSR count). The second kappa shape index (κ2) is 12.6. The van der Waals surface area contributed by atoms with Crippen LogP contribution in [-0.4, -0.2) is 15.0 Å². The van der Waals surface area contributed by atoms with Gasteiger partial charge in [-0.1, -0.05) is 133 Å². The second-order valence-electron chi connectivity index (χ2n) is 13.6. The van der Waals surface area contributed by atoms with E-state index in [1.54, 1.807) is 11.3 Å². The lowest BCUT2D eigenvalue weighted by Gasteiger charge is -2.13. The van der Waals surface area contributed by atoms with Crippen LogP contribution in [-0.2, 0) is 0 Å². The summed E-state index contributed by atoms with van der Waals surface area (Å²) in [4.78, 5) is 15.9. The molecule has 0 bridgehead atoms. The number of nitrogens with zero attached hydrogens (tertiary/aromatic N) is 3. The van der Waals surface area contributed by atoms with Crippen molar-refractivity contribution in [3.05, 3.63) is 176 Å². The molecular formula is C49H29N3S2. The van der Waals surface area contributed by atoms with Gasteiger partial charge in [0.15, 0.2) is 17.5 Å². The van der Waals surface area contributed by atoms with Crippen molar-refractivity contribution >= 4 is 73.8 Å². The third-order valence-electron chi connectivity index (χ3n) is 10.3. The summed E-state index contributed by atoms with van der Waals surface area (Å²) in [6.45, 7) is 0. The molecule has 3 aromatic heterocycles. The minimum atomic E-state index is 0.645. The van der Waals surface area contributed by atoms with Crippen LogP contribution in [0.15, 0.2) is 176 Å². The van der Waals surface area contributed by atoms with Gasteiger partial charge in [0.05, 0.1) is 0 Å². The summed E-state index contributed by atoms with van der Waals surface area (Å²) in [5, 5.41) is 7.31. The van der Waals surface area contributed by atoms with E-state index >= 15 is 0 Å². The molecule has 54 heavy (non-hydrogen) atoms. The predicted octanol–water partition coefficient (Wildman–Crippen LogP) is 14.1. The first-order chi connectivity index (χ1) is 26.7. The molecule has 0 radical (unpaired) electrons. The lowest BCUT2D eigenvalue weighted by atomic mass is 9.96. The Bertz CT molecular complexity index is 3230. The number of thiophene rings is 2. The highest BCUT2D eigenvalue weighted by Crippen LogP contribution is 2.41. The molecule has 0 amide bonds. The normalized spacial score (nSPS) is 11.7. The fourth-order valence-corrected chi connectivity index (χ4v) is 10.1. The largest absolute Gasteiger partial charge is 0.208 e. The number of fused-ring (bicyclic) bond motifs is 7. The zero-order chi connectivity index (χ0) is 35.6. The minimum absolute atomic E-state index is 0.645. The molecule has 8 aromatic carbocycles. The van der Waals surface area contributed by atoms with E-state index in [1.807, 2.05) is 11.3 Å². The van der Waals surface area contributed by atoms with E-state index < -0.39 is 0 Å². The summed E-state index contributed by atoms with van der Waals surface area (Å²) < 4.78 is 5.01. The van der Waals surface area contributed by atoms with Crippen molar-refractivity contribution in [2.45, 2.75) is 0 Å². The maximum Gasteiger partial charge on any atom is 0.165 e. The molecule has 0 N–H and O–H groups in total. The summed E-state index contributed by atoms with van der Waals surface area (Å²) in [7, 11) is 0. The molecule has 0 saturated carbocycles. The van der Waals surface area contributed by atoms with Gasteiger partial charge in [0.1, 0.15) is 0 Å². The standard InChI is InChI=1S/C49H29N3S2/c1-2-12-30(13-3-1)35-27-33-14-4-5-17-36(33)42(28-35)49-51-47(50-48(52-49)41-21-11-20-40-38-19-7-9-23-44(38)54-46(40)41)34-16-10-15-31(26-34)32-24-25-39-37-18-6-8-22-43(37)53-45(39)29-32/h1-29H. The molecule has 0 aliphatic rings. The summed E-state index contributed by atoms with van der Waals surface area (Å²) in [6.07, 6.45) is 0. The van der Waals surface area contributed by atoms with Crippen LogP contribution in [0.2, 0.25) is 0 Å². The van der Waals surface area contributed by atoms with Gasteiger partial charge in [0.2, 0.25) is 0 Å². The Hall–Kier alpha value is -6.53. The van der Waals surface area contributed by atoms with Crippen LogP contribution in [0.4, 0.5) is 0 Å². The lowest BCUT2D eigenvalue weighted by Crippen LogP contribution is -2.01. The van der Waals surface area contributed by atoms with Crippen molar-refractivity contribution in [2.75, 3.05) is 0 Å². The van der Waals surface area contributed by atoms with Crippen molar-refractivity contribution in [2.24, 2.45) is 0 Å². The lowest BCUT2D eigenvalue weighted by molar-refractivity contribution is 1.08. The molecule has 0 aliphatic carbocycles. The summed E-state index contributed by atoms with van der Waals surface area (Å²) >= 11 is 3.63. The minimum Gasteiger partial charge on any atom is -0.208 e. The molecule has 3 heterocycles. The van der Waals surface area contributed by atoms with Gasteiger partial charge in [-0.3, -0.25) is 0 Å². The molecular weight excluding hydrogens is 695 g/mol. The summed E-state index contributed by atoms with van der Waals surface area (Å²) in [6, 6.07) is 62.7. The molecule has 5 heteroatoms. The van der Waals surface area contributed by atoms with E-state index in [9.17, 15) is 0 Å². The first-order valence-electron chi connectivity index (χ1n) is 18.0. The third-order valence-corrected chi connectivity index (χ3v) is 12.7. The van der Waals surface area contributed by atoms with Crippen LogP contribution in [0.5, 0.6) is 0 Å². The van der Waals surface area contributed by atoms with Gasteiger partial charge in [-0.25, -0.2) is 15.0 Å². The van der Waals surface area contributed by atoms with Crippen LogP contribution in [0, 0.1) is 0 Å². The van der Waals surface area contributed by atoms with Crippen molar-refractivity contribution < 1.29 is 0 Å². The Kier molecular flexibility index (Phi) is 7.22. The van der Waals surface area contributed by atoms with Gasteiger partial charge in [-0.05, 0) is 75.5 Å². The maximum atomic E-state index is 5.33. The Morgan fingerprint density at radius 3 is 1.74 bits per heavy atom. The first-order valence-corrected chi connectivity index (χ1v) is 19.6. The first kappa shape index (κ1) is 31.0. The topological polar surface area (TPSA) is 38.7 Å². The smallest absolute Gasteiger partial charge is 0.165 e. The van der Waals surface area contributed by atoms with Gasteiger partial charge in [-0.15, -0.1) is 22.7 Å². The number of benzene rings is 8. The number of aromatic nitrogens is 3. The molecule has 0 aliphatic heterocycles. The van der Waals surface area contributed by atoms with E-state index in [4.69, 9.17) is 15.0 Å². The fraction of sp³-hybridized carbons (Fsp3) is 0. The number of hydrogen-bond acceptors (Lipinski definition) is 5. The van der Waals surface area contributed by atoms with Crippen LogP contribution >= 0.6 is 22.7 Å². The van der Waals surface area contributed by atoms with Gasteiger partial charge < -0.3 is 0 Å². The monoisotopic (exact) mass is 723 g/mol. The maximum absolute atomic E-state index is 5.33. The molecule has 11 aromatic rings. The molecule has 0 fully saturated rings. The zero-order valence-corrected chi connectivity index (χ0v) is 30.5. The highest BCUT2D eigenvalue weighted by atomic mass is 32.1. The Morgan fingerprint density at radius 1 is 0.296 bits per heavy atom. The van der Waals surface area contributed by atoms with Crippen LogP contribution in [0.25, 0.3) is 108 Å². The average Bonchev–Trinajstić information content (AvgIpc) is 3.82.